The maximum atomic E-state index is 13.2. The third kappa shape index (κ3) is 3.30. The molecule has 0 spiro atoms. The molecule has 110 valence electrons. The summed E-state index contributed by atoms with van der Waals surface area (Å²) >= 11 is 0. The zero-order valence-corrected chi connectivity index (χ0v) is 11.9. The van der Waals surface area contributed by atoms with Gasteiger partial charge in [0.05, 0.1) is 6.04 Å². The summed E-state index contributed by atoms with van der Waals surface area (Å²) in [5.74, 6) is -0.453. The molecule has 0 saturated carbocycles. The van der Waals surface area contributed by atoms with E-state index in [2.05, 4.69) is 4.90 Å². The Morgan fingerprint density at radius 3 is 1.52 bits per heavy atom. The molecule has 0 amide bonds. The number of benzene rings is 2. The lowest BCUT2D eigenvalue weighted by molar-refractivity contribution is 0.187. The molecule has 2 aromatic rings. The number of halogens is 2. The number of likely N-dealkylation sites (tertiary alicyclic amines) is 1. The van der Waals surface area contributed by atoms with Gasteiger partial charge in [-0.05, 0) is 61.3 Å². The SMILES string of the molecule is Fc1ccc(C(c2ccc(F)cc2)N2CCCCC2)cc1. The number of rotatable bonds is 3. The zero-order chi connectivity index (χ0) is 14.7. The van der Waals surface area contributed by atoms with Crippen molar-refractivity contribution in [2.75, 3.05) is 13.1 Å². The van der Waals surface area contributed by atoms with Gasteiger partial charge in [-0.3, -0.25) is 4.90 Å². The van der Waals surface area contributed by atoms with E-state index in [1.807, 2.05) is 24.3 Å². The molecule has 0 atom stereocenters. The summed E-state index contributed by atoms with van der Waals surface area (Å²) in [5.41, 5.74) is 2.12. The van der Waals surface area contributed by atoms with Gasteiger partial charge in [0, 0.05) is 0 Å². The largest absolute Gasteiger partial charge is 0.292 e. The van der Waals surface area contributed by atoms with Gasteiger partial charge in [-0.1, -0.05) is 30.7 Å². The summed E-state index contributed by atoms with van der Waals surface area (Å²) in [7, 11) is 0. The summed E-state index contributed by atoms with van der Waals surface area (Å²) in [6, 6.07) is 13.4. The normalized spacial score (nSPS) is 16.3. The van der Waals surface area contributed by atoms with Crippen molar-refractivity contribution in [2.24, 2.45) is 0 Å². The standard InChI is InChI=1S/C18H19F2N/c19-16-8-4-14(5-9-16)18(21-12-2-1-3-13-21)15-6-10-17(20)11-7-15/h4-11,18H,1-3,12-13H2. The first kappa shape index (κ1) is 14.2. The summed E-state index contributed by atoms with van der Waals surface area (Å²) in [4.78, 5) is 2.41. The van der Waals surface area contributed by atoms with Crippen molar-refractivity contribution in [1.82, 2.24) is 4.90 Å². The van der Waals surface area contributed by atoms with Crippen molar-refractivity contribution in [1.29, 1.82) is 0 Å². The van der Waals surface area contributed by atoms with E-state index >= 15 is 0 Å². The second kappa shape index (κ2) is 6.35. The highest BCUT2D eigenvalue weighted by Crippen LogP contribution is 2.31. The van der Waals surface area contributed by atoms with Crippen LogP contribution in [-0.2, 0) is 0 Å². The van der Waals surface area contributed by atoms with E-state index in [0.29, 0.717) is 0 Å². The van der Waals surface area contributed by atoms with Crippen LogP contribution in [0.3, 0.4) is 0 Å². The molecule has 1 aliphatic rings. The molecule has 0 bridgehead atoms. The maximum Gasteiger partial charge on any atom is 0.123 e. The molecule has 21 heavy (non-hydrogen) atoms. The van der Waals surface area contributed by atoms with Crippen molar-refractivity contribution < 1.29 is 8.78 Å². The van der Waals surface area contributed by atoms with Gasteiger partial charge < -0.3 is 0 Å². The Hall–Kier alpha value is -1.74. The number of piperidine rings is 1. The van der Waals surface area contributed by atoms with E-state index in [-0.39, 0.29) is 17.7 Å². The molecule has 2 aromatic carbocycles. The molecule has 3 rings (SSSR count). The molecule has 0 radical (unpaired) electrons. The fraction of sp³-hybridized carbons (Fsp3) is 0.333. The average molecular weight is 287 g/mol. The van der Waals surface area contributed by atoms with Crippen molar-refractivity contribution >= 4 is 0 Å². The van der Waals surface area contributed by atoms with Gasteiger partial charge in [0.15, 0.2) is 0 Å². The molecule has 3 heteroatoms. The smallest absolute Gasteiger partial charge is 0.123 e. The third-order valence-corrected chi connectivity index (χ3v) is 4.13. The molecule has 0 unspecified atom stereocenters. The Kier molecular flexibility index (Phi) is 4.30. The predicted octanol–water partition coefficient (Wildman–Crippen LogP) is 4.54. The first-order valence-electron chi connectivity index (χ1n) is 7.49. The summed E-state index contributed by atoms with van der Waals surface area (Å²) < 4.78 is 26.4. The molecule has 1 saturated heterocycles. The Balaban J connectivity index is 1.97. The van der Waals surface area contributed by atoms with Crippen LogP contribution in [0.2, 0.25) is 0 Å². The van der Waals surface area contributed by atoms with Gasteiger partial charge in [0.1, 0.15) is 11.6 Å². The second-order valence-corrected chi connectivity index (χ2v) is 5.60. The molecule has 0 N–H and O–H groups in total. The van der Waals surface area contributed by atoms with Crippen LogP contribution in [0.15, 0.2) is 48.5 Å². The van der Waals surface area contributed by atoms with Gasteiger partial charge in [-0.2, -0.15) is 0 Å². The molecule has 1 fully saturated rings. The molecular formula is C18H19F2N. The van der Waals surface area contributed by atoms with Crippen LogP contribution in [0, 0.1) is 11.6 Å². The minimum Gasteiger partial charge on any atom is -0.292 e. The van der Waals surface area contributed by atoms with Crippen molar-refractivity contribution in [3.8, 4) is 0 Å². The Labute approximate surface area is 124 Å². The first-order valence-corrected chi connectivity index (χ1v) is 7.49. The molecule has 1 aliphatic heterocycles. The lowest BCUT2D eigenvalue weighted by Gasteiger charge is -2.35. The number of nitrogens with zero attached hydrogens (tertiary/aromatic N) is 1. The predicted molar refractivity (Wildman–Crippen MR) is 80.1 cm³/mol. The van der Waals surface area contributed by atoms with Gasteiger partial charge in [0.25, 0.3) is 0 Å². The van der Waals surface area contributed by atoms with Crippen LogP contribution in [0.1, 0.15) is 36.4 Å². The molecule has 0 aliphatic carbocycles. The third-order valence-electron chi connectivity index (χ3n) is 4.13. The van der Waals surface area contributed by atoms with Crippen LogP contribution in [-0.4, -0.2) is 18.0 Å². The summed E-state index contributed by atoms with van der Waals surface area (Å²) in [6.45, 7) is 2.05. The summed E-state index contributed by atoms with van der Waals surface area (Å²) in [5, 5.41) is 0. The van der Waals surface area contributed by atoms with Gasteiger partial charge in [0.2, 0.25) is 0 Å². The van der Waals surface area contributed by atoms with Crippen LogP contribution in [0.25, 0.3) is 0 Å². The van der Waals surface area contributed by atoms with Crippen LogP contribution < -0.4 is 0 Å². The lowest BCUT2D eigenvalue weighted by atomic mass is 9.95. The monoisotopic (exact) mass is 287 g/mol. The minimum absolute atomic E-state index is 0.0755. The Bertz CT molecular complexity index is 526. The van der Waals surface area contributed by atoms with Crippen LogP contribution >= 0.6 is 0 Å². The second-order valence-electron chi connectivity index (χ2n) is 5.60. The Morgan fingerprint density at radius 2 is 1.10 bits per heavy atom. The number of hydrogen-bond donors (Lipinski definition) is 0. The average Bonchev–Trinajstić information content (AvgIpc) is 2.52. The van der Waals surface area contributed by atoms with E-state index in [0.717, 1.165) is 24.2 Å². The van der Waals surface area contributed by atoms with E-state index in [9.17, 15) is 8.78 Å². The minimum atomic E-state index is -0.227. The zero-order valence-electron chi connectivity index (χ0n) is 11.9. The van der Waals surface area contributed by atoms with Crippen LogP contribution in [0.4, 0.5) is 8.78 Å². The molecule has 1 heterocycles. The van der Waals surface area contributed by atoms with Gasteiger partial charge in [-0.25, -0.2) is 8.78 Å². The van der Waals surface area contributed by atoms with Crippen LogP contribution in [0.5, 0.6) is 0 Å². The molecule has 0 aromatic heterocycles. The fourth-order valence-electron chi connectivity index (χ4n) is 3.08. The maximum absolute atomic E-state index is 13.2. The summed E-state index contributed by atoms with van der Waals surface area (Å²) in [6.07, 6.45) is 3.62. The van der Waals surface area contributed by atoms with Gasteiger partial charge >= 0.3 is 0 Å². The highest BCUT2D eigenvalue weighted by molar-refractivity contribution is 5.32. The molecular weight excluding hydrogens is 268 g/mol. The Morgan fingerprint density at radius 1 is 0.667 bits per heavy atom. The number of hydrogen-bond acceptors (Lipinski definition) is 1. The van der Waals surface area contributed by atoms with Gasteiger partial charge in [-0.15, -0.1) is 0 Å². The quantitative estimate of drug-likeness (QED) is 0.801. The first-order chi connectivity index (χ1) is 10.2. The van der Waals surface area contributed by atoms with Crippen molar-refractivity contribution in [2.45, 2.75) is 25.3 Å². The van der Waals surface area contributed by atoms with Crippen molar-refractivity contribution in [3.05, 3.63) is 71.3 Å². The van der Waals surface area contributed by atoms with E-state index in [1.165, 1.54) is 43.5 Å². The van der Waals surface area contributed by atoms with E-state index in [4.69, 9.17) is 0 Å². The topological polar surface area (TPSA) is 3.24 Å². The highest BCUT2D eigenvalue weighted by atomic mass is 19.1. The van der Waals surface area contributed by atoms with Crippen molar-refractivity contribution in [3.63, 3.8) is 0 Å². The fourth-order valence-corrected chi connectivity index (χ4v) is 3.08. The lowest BCUT2D eigenvalue weighted by Crippen LogP contribution is -2.34. The highest BCUT2D eigenvalue weighted by Gasteiger charge is 2.23. The van der Waals surface area contributed by atoms with E-state index < -0.39 is 0 Å². The van der Waals surface area contributed by atoms with E-state index in [1.54, 1.807) is 0 Å². The molecule has 1 nitrogen and oxygen atoms in total.